The van der Waals surface area contributed by atoms with Gasteiger partial charge in [-0.15, -0.1) is 11.3 Å². The molecule has 1 aromatic heterocycles. The zero-order chi connectivity index (χ0) is 11.6. The van der Waals surface area contributed by atoms with Crippen molar-refractivity contribution in [2.45, 2.75) is 51.1 Å². The molecule has 1 fully saturated rings. The maximum absolute atomic E-state index is 9.33. The van der Waals surface area contributed by atoms with Crippen molar-refractivity contribution in [2.75, 3.05) is 6.61 Å². The average Bonchev–Trinajstić information content (AvgIpc) is 2.65. The molecule has 0 bridgehead atoms. The molecule has 2 N–H and O–H groups in total. The molecular weight excluding hydrogens is 220 g/mol. The van der Waals surface area contributed by atoms with E-state index in [1.54, 1.807) is 11.3 Å². The zero-order valence-corrected chi connectivity index (χ0v) is 10.8. The summed E-state index contributed by atoms with van der Waals surface area (Å²) in [5, 5.41) is 16.1. The first kappa shape index (κ1) is 12.0. The fraction of sp³-hybridized carbons (Fsp3) is 0.750. The second-order valence-electron chi connectivity index (χ2n) is 4.98. The van der Waals surface area contributed by atoms with Gasteiger partial charge in [0.2, 0.25) is 0 Å². The molecule has 0 saturated heterocycles. The van der Waals surface area contributed by atoms with E-state index < -0.39 is 0 Å². The zero-order valence-electron chi connectivity index (χ0n) is 9.99. The summed E-state index contributed by atoms with van der Waals surface area (Å²) in [5.41, 5.74) is 1.09. The fourth-order valence-electron chi connectivity index (χ4n) is 1.94. The second kappa shape index (κ2) is 4.82. The molecule has 0 amide bonds. The van der Waals surface area contributed by atoms with Gasteiger partial charge in [-0.2, -0.15) is 0 Å². The molecule has 0 spiro atoms. The number of hydrogen-bond acceptors (Lipinski definition) is 4. The summed E-state index contributed by atoms with van der Waals surface area (Å²) in [4.78, 5) is 4.58. The number of nitrogens with one attached hydrogen (secondary N) is 1. The topological polar surface area (TPSA) is 45.2 Å². The van der Waals surface area contributed by atoms with Crippen LogP contribution in [-0.2, 0) is 6.54 Å². The van der Waals surface area contributed by atoms with Crippen molar-refractivity contribution < 1.29 is 5.11 Å². The van der Waals surface area contributed by atoms with Gasteiger partial charge in [-0.05, 0) is 19.3 Å². The van der Waals surface area contributed by atoms with Gasteiger partial charge >= 0.3 is 0 Å². The highest BCUT2D eigenvalue weighted by Crippen LogP contribution is 2.31. The highest BCUT2D eigenvalue weighted by molar-refractivity contribution is 7.09. The lowest BCUT2D eigenvalue weighted by Crippen LogP contribution is -2.53. The molecule has 1 aliphatic carbocycles. The van der Waals surface area contributed by atoms with E-state index in [2.05, 4.69) is 29.5 Å². The SMILES string of the molecule is CC(C)c1nc(CNC2(CO)CCC2)cs1. The van der Waals surface area contributed by atoms with Crippen molar-refractivity contribution >= 4 is 11.3 Å². The summed E-state index contributed by atoms with van der Waals surface area (Å²) >= 11 is 1.73. The van der Waals surface area contributed by atoms with E-state index in [0.717, 1.165) is 25.1 Å². The predicted molar refractivity (Wildman–Crippen MR) is 66.7 cm³/mol. The van der Waals surface area contributed by atoms with Crippen LogP contribution < -0.4 is 5.32 Å². The Balaban J connectivity index is 1.89. The molecule has 3 nitrogen and oxygen atoms in total. The first-order chi connectivity index (χ1) is 7.65. The summed E-state index contributed by atoms with van der Waals surface area (Å²) in [6.07, 6.45) is 3.40. The number of aliphatic hydroxyl groups is 1. The van der Waals surface area contributed by atoms with Gasteiger partial charge < -0.3 is 10.4 Å². The standard InChI is InChI=1S/C12H20N2OS/c1-9(2)11-14-10(7-16-11)6-13-12(8-15)4-3-5-12/h7,9,13,15H,3-6,8H2,1-2H3. The molecular formula is C12H20N2OS. The normalized spacial score (nSPS) is 18.8. The quantitative estimate of drug-likeness (QED) is 0.830. The van der Waals surface area contributed by atoms with Gasteiger partial charge in [0.15, 0.2) is 0 Å². The Hall–Kier alpha value is -0.450. The maximum Gasteiger partial charge on any atom is 0.0954 e. The van der Waals surface area contributed by atoms with Crippen molar-refractivity contribution in [1.29, 1.82) is 0 Å². The van der Waals surface area contributed by atoms with Gasteiger partial charge in [-0.1, -0.05) is 13.8 Å². The molecule has 1 aliphatic rings. The van der Waals surface area contributed by atoms with Crippen molar-refractivity contribution in [3.8, 4) is 0 Å². The summed E-state index contributed by atoms with van der Waals surface area (Å²) in [6.45, 7) is 5.35. The van der Waals surface area contributed by atoms with E-state index in [9.17, 15) is 5.11 Å². The Morgan fingerprint density at radius 3 is 2.75 bits per heavy atom. The summed E-state index contributed by atoms with van der Waals surface area (Å²) in [7, 11) is 0. The van der Waals surface area contributed by atoms with Crippen molar-refractivity contribution in [3.05, 3.63) is 16.1 Å². The van der Waals surface area contributed by atoms with Gasteiger partial charge in [-0.25, -0.2) is 4.98 Å². The summed E-state index contributed by atoms with van der Waals surface area (Å²) < 4.78 is 0. The van der Waals surface area contributed by atoms with Crippen molar-refractivity contribution in [1.82, 2.24) is 10.3 Å². The third kappa shape index (κ3) is 2.44. The van der Waals surface area contributed by atoms with Crippen LogP contribution in [0.25, 0.3) is 0 Å². The molecule has 1 aromatic rings. The van der Waals surface area contributed by atoms with Gasteiger partial charge in [-0.3, -0.25) is 0 Å². The van der Waals surface area contributed by atoms with Crippen LogP contribution in [0.4, 0.5) is 0 Å². The van der Waals surface area contributed by atoms with Crippen LogP contribution >= 0.6 is 11.3 Å². The Bertz CT molecular complexity index is 339. The predicted octanol–water partition coefficient (Wildman–Crippen LogP) is 2.27. The first-order valence-corrected chi connectivity index (χ1v) is 6.83. The molecule has 0 unspecified atom stereocenters. The molecule has 1 heterocycles. The maximum atomic E-state index is 9.33. The van der Waals surface area contributed by atoms with E-state index in [1.807, 2.05) is 0 Å². The van der Waals surface area contributed by atoms with Crippen LogP contribution in [-0.4, -0.2) is 22.2 Å². The smallest absolute Gasteiger partial charge is 0.0954 e. The van der Waals surface area contributed by atoms with Crippen molar-refractivity contribution in [2.24, 2.45) is 0 Å². The van der Waals surface area contributed by atoms with Crippen molar-refractivity contribution in [3.63, 3.8) is 0 Å². The van der Waals surface area contributed by atoms with E-state index in [1.165, 1.54) is 11.4 Å². The largest absolute Gasteiger partial charge is 0.394 e. The van der Waals surface area contributed by atoms with Crippen LogP contribution in [0.15, 0.2) is 5.38 Å². The molecule has 0 aliphatic heterocycles. The molecule has 2 rings (SSSR count). The molecule has 4 heteroatoms. The van der Waals surface area contributed by atoms with Gasteiger partial charge in [0.1, 0.15) is 0 Å². The molecule has 1 saturated carbocycles. The molecule has 0 radical (unpaired) electrons. The number of rotatable bonds is 5. The summed E-state index contributed by atoms with van der Waals surface area (Å²) in [5.74, 6) is 0.509. The third-order valence-electron chi connectivity index (χ3n) is 3.32. The van der Waals surface area contributed by atoms with Crippen LogP contribution in [0.2, 0.25) is 0 Å². The number of aliphatic hydroxyl groups excluding tert-OH is 1. The van der Waals surface area contributed by atoms with Gasteiger partial charge in [0.25, 0.3) is 0 Å². The van der Waals surface area contributed by atoms with Crippen LogP contribution in [0.3, 0.4) is 0 Å². The Morgan fingerprint density at radius 2 is 2.31 bits per heavy atom. The minimum absolute atomic E-state index is 0.0123. The Morgan fingerprint density at radius 1 is 1.56 bits per heavy atom. The molecule has 16 heavy (non-hydrogen) atoms. The number of hydrogen-bond donors (Lipinski definition) is 2. The monoisotopic (exact) mass is 240 g/mol. The highest BCUT2D eigenvalue weighted by atomic mass is 32.1. The number of thiazole rings is 1. The van der Waals surface area contributed by atoms with Crippen LogP contribution in [0, 0.1) is 0 Å². The average molecular weight is 240 g/mol. The molecule has 0 atom stereocenters. The van der Waals surface area contributed by atoms with E-state index in [0.29, 0.717) is 5.92 Å². The number of nitrogens with zero attached hydrogens (tertiary/aromatic N) is 1. The number of aromatic nitrogens is 1. The first-order valence-electron chi connectivity index (χ1n) is 5.95. The van der Waals surface area contributed by atoms with Gasteiger partial charge in [0, 0.05) is 23.4 Å². The van der Waals surface area contributed by atoms with Crippen LogP contribution in [0.1, 0.15) is 49.7 Å². The summed E-state index contributed by atoms with van der Waals surface area (Å²) in [6, 6.07) is 0. The van der Waals surface area contributed by atoms with E-state index >= 15 is 0 Å². The van der Waals surface area contributed by atoms with E-state index in [4.69, 9.17) is 0 Å². The second-order valence-corrected chi connectivity index (χ2v) is 5.87. The fourth-order valence-corrected chi connectivity index (χ4v) is 2.78. The van der Waals surface area contributed by atoms with Gasteiger partial charge in [0.05, 0.1) is 17.3 Å². The lowest BCUT2D eigenvalue weighted by Gasteiger charge is -2.41. The minimum atomic E-state index is -0.0123. The Kier molecular flexibility index (Phi) is 3.62. The highest BCUT2D eigenvalue weighted by Gasteiger charge is 2.35. The third-order valence-corrected chi connectivity index (χ3v) is 4.52. The van der Waals surface area contributed by atoms with E-state index in [-0.39, 0.29) is 12.1 Å². The Labute approximate surface area is 101 Å². The lowest BCUT2D eigenvalue weighted by atomic mass is 9.77. The minimum Gasteiger partial charge on any atom is -0.394 e. The van der Waals surface area contributed by atoms with Crippen LogP contribution in [0.5, 0.6) is 0 Å². The lowest BCUT2D eigenvalue weighted by molar-refractivity contribution is 0.0869. The molecule has 90 valence electrons. The molecule has 0 aromatic carbocycles.